The van der Waals surface area contributed by atoms with Crippen LogP contribution in [0.1, 0.15) is 79.6 Å². The van der Waals surface area contributed by atoms with Gasteiger partial charge in [-0.05, 0) is 101 Å². The number of rotatable bonds is 9. The van der Waals surface area contributed by atoms with E-state index in [0.717, 1.165) is 4.90 Å². The molecule has 3 N–H and O–H groups in total. The minimum absolute atomic E-state index is 0.0582. The fourth-order valence-electron chi connectivity index (χ4n) is 8.09. The van der Waals surface area contributed by atoms with Crippen LogP contribution in [-0.4, -0.2) is 106 Å². The Morgan fingerprint density at radius 1 is 1.18 bits per heavy atom. The molecule has 0 bridgehead atoms. The number of alkyl halides is 3. The highest BCUT2D eigenvalue weighted by Crippen LogP contribution is 2.48. The maximum Gasteiger partial charge on any atom is 0.408 e. The first kappa shape index (κ1) is 42.0. The summed E-state index contributed by atoms with van der Waals surface area (Å²) in [5, 5.41) is 14.3. The normalized spacial score (nSPS) is 29.5. The number of allylic oxidation sites excluding steroid dienone is 1. The number of ether oxygens (including phenoxy) is 2. The number of carbonyl (C=O) groups is 4. The molecule has 2 saturated carbocycles. The SMILES string of the molecule is CCOc1ccc2c(O[C@@H]3C[C@H]4C(=O)N[C@]5(C(=O)NS(=O)(=O)C6(C)CC6)C[C@H]5C=CCC[C@@H](C)C[C@@H](C)[C@H](N(C(=O)O)[C@H](C)C(F)(F)F)C(=O)N4C3)nccc2c1. The van der Waals surface area contributed by atoms with Crippen LogP contribution in [-0.2, 0) is 24.4 Å². The maximum atomic E-state index is 14.8. The van der Waals surface area contributed by atoms with E-state index in [2.05, 4.69) is 15.0 Å². The largest absolute Gasteiger partial charge is 0.494 e. The molecule has 1 aromatic heterocycles. The van der Waals surface area contributed by atoms with Crippen LogP contribution in [0, 0.1) is 17.8 Å². The summed E-state index contributed by atoms with van der Waals surface area (Å²) in [6, 6.07) is 1.08. The Balaban J connectivity index is 1.40. The fourth-order valence-corrected chi connectivity index (χ4v) is 9.40. The van der Waals surface area contributed by atoms with Gasteiger partial charge in [0.1, 0.15) is 35.5 Å². The zero-order valence-electron chi connectivity index (χ0n) is 32.5. The summed E-state index contributed by atoms with van der Waals surface area (Å²) >= 11 is 0. The van der Waals surface area contributed by atoms with E-state index >= 15 is 0 Å². The number of halogens is 3. The topological polar surface area (TPSA) is 185 Å². The average Bonchev–Trinajstić information content (AvgIpc) is 4.01. The average molecular weight is 822 g/mol. The van der Waals surface area contributed by atoms with Crippen LogP contribution in [0.2, 0.25) is 0 Å². The lowest BCUT2D eigenvalue weighted by Crippen LogP contribution is -2.62. The van der Waals surface area contributed by atoms with Crippen molar-refractivity contribution in [1.29, 1.82) is 0 Å². The van der Waals surface area contributed by atoms with E-state index in [-0.39, 0.29) is 42.5 Å². The van der Waals surface area contributed by atoms with Gasteiger partial charge in [0, 0.05) is 23.9 Å². The molecule has 3 heterocycles. The first-order valence-electron chi connectivity index (χ1n) is 19.3. The van der Waals surface area contributed by atoms with Crippen LogP contribution in [0.15, 0.2) is 42.6 Å². The smallest absolute Gasteiger partial charge is 0.408 e. The standard InChI is InChI=1S/C39H50F3N5O9S/c1-6-55-27-11-12-29-25(18-27)13-16-43-33(29)56-28-19-30-32(48)44-38(35(50)45-57(53,54)37(5)14-15-37)20-26(38)10-8-7-9-22(2)17-23(3)31(34(49)46(30)21-28)47(36(51)52)24(4)39(40,41)42/h8,10-13,16,18,22-24,26,28,30-31H,6-7,9,14-15,17,19-21H2,1-5H3,(H,44,48)(H,45,50)(H,51,52)/t22-,23-,24-,26-,28-,30+,31+,38-/m1/s1. The molecule has 2 aliphatic carbocycles. The number of nitrogens with one attached hydrogen (secondary N) is 2. The van der Waals surface area contributed by atoms with Gasteiger partial charge in [-0.25, -0.2) is 18.2 Å². The minimum Gasteiger partial charge on any atom is -0.494 e. The van der Waals surface area contributed by atoms with E-state index in [1.54, 1.807) is 30.3 Å². The van der Waals surface area contributed by atoms with Crippen LogP contribution >= 0.6 is 0 Å². The number of carbonyl (C=O) groups excluding carboxylic acids is 3. The Labute approximate surface area is 329 Å². The van der Waals surface area contributed by atoms with Crippen molar-refractivity contribution in [3.8, 4) is 11.6 Å². The van der Waals surface area contributed by atoms with Crippen LogP contribution in [0.4, 0.5) is 18.0 Å². The second-order valence-electron chi connectivity index (χ2n) is 16.2. The fraction of sp³-hybridized carbons (Fsp3) is 0.615. The number of carboxylic acid groups (broad SMARTS) is 1. The van der Waals surface area contributed by atoms with Gasteiger partial charge in [-0.2, -0.15) is 13.2 Å². The Bertz CT molecular complexity index is 2040. The number of benzene rings is 1. The highest BCUT2D eigenvalue weighted by molar-refractivity contribution is 7.91. The van der Waals surface area contributed by atoms with Gasteiger partial charge in [-0.15, -0.1) is 0 Å². The van der Waals surface area contributed by atoms with E-state index in [4.69, 9.17) is 9.47 Å². The monoisotopic (exact) mass is 821 g/mol. The van der Waals surface area contributed by atoms with Crippen molar-refractivity contribution in [3.05, 3.63) is 42.6 Å². The molecule has 8 atom stereocenters. The first-order valence-corrected chi connectivity index (χ1v) is 20.8. The quantitative estimate of drug-likeness (QED) is 0.286. The summed E-state index contributed by atoms with van der Waals surface area (Å²) in [4.78, 5) is 61.5. The summed E-state index contributed by atoms with van der Waals surface area (Å²) in [5.74, 6) is -3.78. The van der Waals surface area contributed by atoms with E-state index < -0.39 is 86.4 Å². The number of nitrogens with zero attached hydrogens (tertiary/aromatic N) is 3. The summed E-state index contributed by atoms with van der Waals surface area (Å²) in [6.07, 6.45) is -1.17. The Kier molecular flexibility index (Phi) is 11.5. The molecule has 6 rings (SSSR count). The summed E-state index contributed by atoms with van der Waals surface area (Å²) in [6.45, 7) is 7.50. The van der Waals surface area contributed by atoms with Crippen molar-refractivity contribution in [2.45, 2.75) is 120 Å². The highest BCUT2D eigenvalue weighted by Gasteiger charge is 2.63. The van der Waals surface area contributed by atoms with Crippen LogP contribution in [0.25, 0.3) is 10.8 Å². The number of hydrogen-bond donors (Lipinski definition) is 3. The molecule has 0 spiro atoms. The Morgan fingerprint density at radius 3 is 2.54 bits per heavy atom. The number of amides is 4. The molecule has 4 aliphatic rings. The molecule has 2 aliphatic heterocycles. The molecule has 0 unspecified atom stereocenters. The van der Waals surface area contributed by atoms with Crippen molar-refractivity contribution in [1.82, 2.24) is 24.8 Å². The highest BCUT2D eigenvalue weighted by atomic mass is 32.2. The van der Waals surface area contributed by atoms with Crippen molar-refractivity contribution in [2.24, 2.45) is 17.8 Å². The lowest BCUT2D eigenvalue weighted by atomic mass is 9.86. The Hall–Kier alpha value is -4.61. The molecule has 0 radical (unpaired) electrons. The summed E-state index contributed by atoms with van der Waals surface area (Å²) in [7, 11) is -4.11. The predicted octanol–water partition coefficient (Wildman–Crippen LogP) is 5.17. The minimum atomic E-state index is -5.03. The molecular formula is C39H50F3N5O9S. The Morgan fingerprint density at radius 2 is 1.89 bits per heavy atom. The molecular weight excluding hydrogens is 772 g/mol. The summed E-state index contributed by atoms with van der Waals surface area (Å²) < 4.78 is 82.2. The molecule has 312 valence electrons. The van der Waals surface area contributed by atoms with Gasteiger partial charge in [0.25, 0.3) is 5.91 Å². The van der Waals surface area contributed by atoms with Crippen molar-refractivity contribution in [2.75, 3.05) is 13.2 Å². The molecule has 2 aromatic rings. The molecule has 1 saturated heterocycles. The summed E-state index contributed by atoms with van der Waals surface area (Å²) in [5.41, 5.74) is -1.70. The van der Waals surface area contributed by atoms with E-state index in [0.29, 0.717) is 55.7 Å². The second-order valence-corrected chi connectivity index (χ2v) is 18.4. The first-order chi connectivity index (χ1) is 26.7. The zero-order valence-corrected chi connectivity index (χ0v) is 33.4. The molecule has 3 fully saturated rings. The van der Waals surface area contributed by atoms with Gasteiger partial charge in [-0.3, -0.25) is 24.0 Å². The number of sulfonamides is 1. The maximum absolute atomic E-state index is 14.8. The third-order valence-corrected chi connectivity index (χ3v) is 14.1. The molecule has 1 aromatic carbocycles. The number of aromatic nitrogens is 1. The van der Waals surface area contributed by atoms with Crippen LogP contribution in [0.5, 0.6) is 11.6 Å². The van der Waals surface area contributed by atoms with E-state index in [1.165, 1.54) is 20.0 Å². The van der Waals surface area contributed by atoms with Gasteiger partial charge in [0.15, 0.2) is 0 Å². The van der Waals surface area contributed by atoms with Gasteiger partial charge >= 0.3 is 12.3 Å². The molecule has 57 heavy (non-hydrogen) atoms. The van der Waals surface area contributed by atoms with E-state index in [9.17, 15) is 45.9 Å². The molecule has 4 amide bonds. The number of pyridine rings is 1. The predicted molar refractivity (Wildman–Crippen MR) is 202 cm³/mol. The lowest BCUT2D eigenvalue weighted by molar-refractivity contribution is -0.184. The van der Waals surface area contributed by atoms with E-state index in [1.807, 2.05) is 19.9 Å². The molecule has 14 nitrogen and oxygen atoms in total. The lowest BCUT2D eigenvalue weighted by Gasteiger charge is -2.40. The third-order valence-electron chi connectivity index (χ3n) is 11.9. The van der Waals surface area contributed by atoms with Gasteiger partial charge in [-0.1, -0.05) is 26.0 Å². The third kappa shape index (κ3) is 8.51. The van der Waals surface area contributed by atoms with Crippen LogP contribution in [0.3, 0.4) is 0 Å². The van der Waals surface area contributed by atoms with Crippen LogP contribution < -0.4 is 19.5 Å². The van der Waals surface area contributed by atoms with Crippen molar-refractivity contribution < 1.29 is 55.3 Å². The number of fused-ring (bicyclic) bond motifs is 3. The second kappa shape index (κ2) is 15.6. The van der Waals surface area contributed by atoms with Gasteiger partial charge in [0.05, 0.1) is 17.9 Å². The van der Waals surface area contributed by atoms with Crippen molar-refractivity contribution in [3.63, 3.8) is 0 Å². The zero-order chi connectivity index (χ0) is 41.7. The van der Waals surface area contributed by atoms with Crippen molar-refractivity contribution >= 4 is 44.6 Å². The van der Waals surface area contributed by atoms with Gasteiger partial charge < -0.3 is 24.8 Å². The number of hydrogen-bond acceptors (Lipinski definition) is 9. The van der Waals surface area contributed by atoms with Gasteiger partial charge in [0.2, 0.25) is 27.7 Å². The molecule has 18 heteroatoms.